The molecule has 18 heavy (non-hydrogen) atoms. The molecule has 0 aromatic heterocycles. The van der Waals surface area contributed by atoms with Crippen LogP contribution in [0.2, 0.25) is 0 Å². The number of nitrogens with zero attached hydrogens (tertiary/aromatic N) is 1. The van der Waals surface area contributed by atoms with Crippen LogP contribution in [0.1, 0.15) is 19.3 Å². The molecule has 0 aromatic rings. The Morgan fingerprint density at radius 3 is 2.61 bits per heavy atom. The predicted octanol–water partition coefficient (Wildman–Crippen LogP) is 2.19. The molecular formula is C11H16F3NO3. The Hall–Kier alpha value is -0.980. The highest BCUT2D eigenvalue weighted by atomic mass is 19.4. The van der Waals surface area contributed by atoms with Crippen LogP contribution in [0.15, 0.2) is 0 Å². The number of ether oxygens (including phenoxy) is 2. The molecule has 2 aliphatic rings. The van der Waals surface area contributed by atoms with Gasteiger partial charge in [0.05, 0.1) is 12.6 Å². The lowest BCUT2D eigenvalue weighted by Crippen LogP contribution is -2.33. The van der Waals surface area contributed by atoms with Crippen LogP contribution in [-0.2, 0) is 9.47 Å². The van der Waals surface area contributed by atoms with Crippen molar-refractivity contribution >= 4 is 6.09 Å². The number of hydrogen-bond acceptors (Lipinski definition) is 3. The second kappa shape index (κ2) is 5.34. The summed E-state index contributed by atoms with van der Waals surface area (Å²) in [5.74, 6) is 0.635. The zero-order chi connectivity index (χ0) is 13.2. The first-order chi connectivity index (χ1) is 8.44. The monoisotopic (exact) mass is 267 g/mol. The molecule has 0 radical (unpaired) electrons. The van der Waals surface area contributed by atoms with Crippen molar-refractivity contribution in [3.05, 3.63) is 0 Å². The molecule has 1 amide bonds. The fourth-order valence-corrected chi connectivity index (χ4v) is 1.82. The standard InChI is InChI=1S/C11H16F3NO3/c12-11(13,14)7-18-10(16)15-4-3-9(5-15)17-6-8-1-2-8/h8-9H,1-7H2. The van der Waals surface area contributed by atoms with E-state index in [-0.39, 0.29) is 6.10 Å². The number of likely N-dealkylation sites (tertiary alicyclic amines) is 1. The van der Waals surface area contributed by atoms with Gasteiger partial charge >= 0.3 is 12.3 Å². The topological polar surface area (TPSA) is 38.8 Å². The summed E-state index contributed by atoms with van der Waals surface area (Å²) in [7, 11) is 0. The minimum Gasteiger partial charge on any atom is -0.440 e. The van der Waals surface area contributed by atoms with Gasteiger partial charge in [-0.25, -0.2) is 4.79 Å². The largest absolute Gasteiger partial charge is 0.440 e. The van der Waals surface area contributed by atoms with Gasteiger partial charge in [-0.05, 0) is 25.2 Å². The van der Waals surface area contributed by atoms with E-state index in [0.29, 0.717) is 32.0 Å². The molecule has 1 aliphatic heterocycles. The summed E-state index contributed by atoms with van der Waals surface area (Å²) in [6.07, 6.45) is -2.42. The van der Waals surface area contributed by atoms with Gasteiger partial charge in [0.15, 0.2) is 6.61 Å². The first-order valence-electron chi connectivity index (χ1n) is 6.04. The zero-order valence-electron chi connectivity index (χ0n) is 9.91. The van der Waals surface area contributed by atoms with Crippen molar-refractivity contribution in [3.63, 3.8) is 0 Å². The van der Waals surface area contributed by atoms with E-state index in [1.807, 2.05) is 0 Å². The van der Waals surface area contributed by atoms with Crippen molar-refractivity contribution in [2.24, 2.45) is 5.92 Å². The molecule has 1 saturated heterocycles. The molecule has 1 unspecified atom stereocenters. The maximum absolute atomic E-state index is 11.9. The van der Waals surface area contributed by atoms with Gasteiger partial charge in [-0.15, -0.1) is 0 Å². The lowest BCUT2D eigenvalue weighted by Gasteiger charge is -2.17. The van der Waals surface area contributed by atoms with Gasteiger partial charge in [0.1, 0.15) is 0 Å². The molecule has 2 fully saturated rings. The fourth-order valence-electron chi connectivity index (χ4n) is 1.82. The summed E-state index contributed by atoms with van der Waals surface area (Å²) in [4.78, 5) is 12.6. The van der Waals surface area contributed by atoms with E-state index in [4.69, 9.17) is 4.74 Å². The Morgan fingerprint density at radius 1 is 1.28 bits per heavy atom. The Labute approximate surface area is 103 Å². The van der Waals surface area contributed by atoms with Crippen LogP contribution in [0.4, 0.5) is 18.0 Å². The number of alkyl halides is 3. The lowest BCUT2D eigenvalue weighted by molar-refractivity contribution is -0.162. The maximum Gasteiger partial charge on any atom is 0.422 e. The first kappa shape index (κ1) is 13.5. The third-order valence-electron chi connectivity index (χ3n) is 3.03. The van der Waals surface area contributed by atoms with Crippen LogP contribution in [0.3, 0.4) is 0 Å². The Balaban J connectivity index is 1.65. The second-order valence-electron chi connectivity index (χ2n) is 4.80. The van der Waals surface area contributed by atoms with E-state index in [9.17, 15) is 18.0 Å². The maximum atomic E-state index is 11.9. The van der Waals surface area contributed by atoms with Gasteiger partial charge < -0.3 is 14.4 Å². The van der Waals surface area contributed by atoms with E-state index in [1.165, 1.54) is 17.7 Å². The number of rotatable bonds is 4. The highest BCUT2D eigenvalue weighted by Gasteiger charge is 2.33. The molecule has 1 aliphatic carbocycles. The van der Waals surface area contributed by atoms with Crippen LogP contribution in [-0.4, -0.2) is 49.6 Å². The highest BCUT2D eigenvalue weighted by molar-refractivity contribution is 5.68. The molecule has 1 atom stereocenters. The third-order valence-corrected chi connectivity index (χ3v) is 3.03. The van der Waals surface area contributed by atoms with Crippen molar-refractivity contribution in [3.8, 4) is 0 Å². The molecule has 0 aromatic carbocycles. The SMILES string of the molecule is O=C(OCC(F)(F)F)N1CCC(OCC2CC2)C1. The van der Waals surface area contributed by atoms with Gasteiger partial charge in [-0.2, -0.15) is 13.2 Å². The zero-order valence-corrected chi connectivity index (χ0v) is 9.91. The number of carbonyl (C=O) groups is 1. The van der Waals surface area contributed by atoms with E-state index in [1.54, 1.807) is 0 Å². The van der Waals surface area contributed by atoms with E-state index >= 15 is 0 Å². The van der Waals surface area contributed by atoms with Gasteiger partial charge in [0.25, 0.3) is 0 Å². The summed E-state index contributed by atoms with van der Waals surface area (Å²) in [6, 6.07) is 0. The fraction of sp³-hybridized carbons (Fsp3) is 0.909. The first-order valence-corrected chi connectivity index (χ1v) is 6.04. The number of carbonyl (C=O) groups excluding carboxylic acids is 1. The Morgan fingerprint density at radius 2 is 2.00 bits per heavy atom. The van der Waals surface area contributed by atoms with Crippen molar-refractivity contribution in [1.29, 1.82) is 0 Å². The Kier molecular flexibility index (Phi) is 3.99. The van der Waals surface area contributed by atoms with E-state index in [2.05, 4.69) is 4.74 Å². The average molecular weight is 267 g/mol. The third kappa shape index (κ3) is 4.36. The Bertz CT molecular complexity index is 304. The number of halogens is 3. The van der Waals surface area contributed by atoms with Gasteiger partial charge in [0, 0.05) is 13.2 Å². The van der Waals surface area contributed by atoms with E-state index in [0.717, 1.165) is 0 Å². The molecule has 0 spiro atoms. The van der Waals surface area contributed by atoms with Gasteiger partial charge in [0.2, 0.25) is 0 Å². The molecule has 4 nitrogen and oxygen atoms in total. The molecular weight excluding hydrogens is 251 g/mol. The van der Waals surface area contributed by atoms with Crippen LogP contribution in [0, 0.1) is 5.92 Å². The number of amides is 1. The van der Waals surface area contributed by atoms with Crippen molar-refractivity contribution < 1.29 is 27.4 Å². The molecule has 7 heteroatoms. The summed E-state index contributed by atoms with van der Waals surface area (Å²) in [6.45, 7) is -0.124. The predicted molar refractivity (Wildman–Crippen MR) is 56.1 cm³/mol. The van der Waals surface area contributed by atoms with Gasteiger partial charge in [-0.1, -0.05) is 0 Å². The minimum atomic E-state index is -4.47. The molecule has 0 bridgehead atoms. The molecule has 1 heterocycles. The van der Waals surface area contributed by atoms with E-state index < -0.39 is 18.9 Å². The highest BCUT2D eigenvalue weighted by Crippen LogP contribution is 2.30. The molecule has 0 N–H and O–H groups in total. The minimum absolute atomic E-state index is 0.0657. The normalized spacial score (nSPS) is 24.4. The second-order valence-corrected chi connectivity index (χ2v) is 4.80. The van der Waals surface area contributed by atoms with Crippen LogP contribution >= 0.6 is 0 Å². The summed E-state index contributed by atoms with van der Waals surface area (Å²) in [5.41, 5.74) is 0. The van der Waals surface area contributed by atoms with Crippen LogP contribution in [0.5, 0.6) is 0 Å². The van der Waals surface area contributed by atoms with Crippen molar-refractivity contribution in [2.75, 3.05) is 26.3 Å². The van der Waals surface area contributed by atoms with Crippen molar-refractivity contribution in [1.82, 2.24) is 4.90 Å². The average Bonchev–Trinajstić information content (AvgIpc) is 3.00. The van der Waals surface area contributed by atoms with Crippen LogP contribution < -0.4 is 0 Å². The molecule has 1 saturated carbocycles. The molecule has 104 valence electrons. The number of hydrogen-bond donors (Lipinski definition) is 0. The summed E-state index contributed by atoms with van der Waals surface area (Å²) >= 11 is 0. The van der Waals surface area contributed by atoms with Gasteiger partial charge in [-0.3, -0.25) is 0 Å². The summed E-state index contributed by atoms with van der Waals surface area (Å²) in [5, 5.41) is 0. The molecule has 2 rings (SSSR count). The summed E-state index contributed by atoms with van der Waals surface area (Å²) < 4.78 is 45.4. The smallest absolute Gasteiger partial charge is 0.422 e. The van der Waals surface area contributed by atoms with Crippen molar-refractivity contribution in [2.45, 2.75) is 31.5 Å². The lowest BCUT2D eigenvalue weighted by atomic mass is 10.3. The quantitative estimate of drug-likeness (QED) is 0.783. The van der Waals surface area contributed by atoms with Crippen LogP contribution in [0.25, 0.3) is 0 Å².